The smallest absolute Gasteiger partial charge is 0.417 e. The van der Waals surface area contributed by atoms with Crippen LogP contribution in [0.2, 0.25) is 0 Å². The summed E-state index contributed by atoms with van der Waals surface area (Å²) < 4.78 is 15.6. The van der Waals surface area contributed by atoms with Crippen molar-refractivity contribution in [3.63, 3.8) is 0 Å². The molecule has 1 amide bonds. The molecule has 2 aliphatic rings. The van der Waals surface area contributed by atoms with Gasteiger partial charge in [-0.15, -0.1) is 0 Å². The number of allylic oxidation sites excluding steroid dienone is 4. The van der Waals surface area contributed by atoms with Crippen LogP contribution >= 0.6 is 0 Å². The van der Waals surface area contributed by atoms with Crippen LogP contribution in [-0.4, -0.2) is 43.3 Å². The highest BCUT2D eigenvalue weighted by atomic mass is 16.5. The summed E-state index contributed by atoms with van der Waals surface area (Å²) in [6, 6.07) is 9.63. The summed E-state index contributed by atoms with van der Waals surface area (Å²) in [4.78, 5) is 40.0. The van der Waals surface area contributed by atoms with Crippen molar-refractivity contribution >= 4 is 18.0 Å². The summed E-state index contributed by atoms with van der Waals surface area (Å²) in [6.07, 6.45) is 4.12. The summed E-state index contributed by atoms with van der Waals surface area (Å²) in [5, 5.41) is 3.12. The van der Waals surface area contributed by atoms with E-state index in [9.17, 15) is 14.4 Å². The Bertz CT molecular complexity index is 1100. The summed E-state index contributed by atoms with van der Waals surface area (Å²) in [5.41, 5.74) is 3.25. The molecule has 0 saturated carbocycles. The van der Waals surface area contributed by atoms with Crippen molar-refractivity contribution in [1.29, 1.82) is 0 Å². The third-order valence-corrected chi connectivity index (χ3v) is 5.69. The maximum atomic E-state index is 13.3. The molecule has 1 N–H and O–H groups in total. The molecule has 0 aromatic heterocycles. The number of nitrogens with zero attached hydrogens (tertiary/aromatic N) is 1. The van der Waals surface area contributed by atoms with E-state index in [4.69, 9.17) is 14.2 Å². The van der Waals surface area contributed by atoms with E-state index in [2.05, 4.69) is 5.32 Å². The van der Waals surface area contributed by atoms with E-state index >= 15 is 0 Å². The molecule has 34 heavy (non-hydrogen) atoms. The quantitative estimate of drug-likeness (QED) is 0.515. The first-order valence-electron chi connectivity index (χ1n) is 11.0. The van der Waals surface area contributed by atoms with Crippen molar-refractivity contribution in [2.75, 3.05) is 14.2 Å². The van der Waals surface area contributed by atoms with Gasteiger partial charge in [-0.1, -0.05) is 36.4 Å². The van der Waals surface area contributed by atoms with Crippen LogP contribution in [0.4, 0.5) is 4.79 Å². The van der Waals surface area contributed by atoms with Gasteiger partial charge in [0.1, 0.15) is 0 Å². The van der Waals surface area contributed by atoms with Gasteiger partial charge in [0.2, 0.25) is 0 Å². The molecule has 180 valence electrons. The lowest BCUT2D eigenvalue weighted by Gasteiger charge is -2.36. The van der Waals surface area contributed by atoms with Crippen LogP contribution in [0.5, 0.6) is 0 Å². The molecule has 0 aliphatic carbocycles. The van der Waals surface area contributed by atoms with Gasteiger partial charge in [-0.2, -0.15) is 0 Å². The lowest BCUT2D eigenvalue weighted by molar-refractivity contribution is -0.143. The normalized spacial score (nSPS) is 20.1. The number of benzene rings is 1. The van der Waals surface area contributed by atoms with E-state index in [0.29, 0.717) is 17.0 Å². The topological polar surface area (TPSA) is 94.2 Å². The molecule has 0 bridgehead atoms. The summed E-state index contributed by atoms with van der Waals surface area (Å²) in [7, 11) is 2.58. The Hall–Kier alpha value is -3.81. The monoisotopic (exact) mass is 466 g/mol. The molecule has 3 rings (SSSR count). The molecule has 2 atom stereocenters. The number of esters is 2. The second-order valence-corrected chi connectivity index (χ2v) is 8.32. The zero-order valence-electron chi connectivity index (χ0n) is 20.2. The summed E-state index contributed by atoms with van der Waals surface area (Å²) in [6.45, 7) is 7.03. The SMILES string of the molecule is COC(=O)C1=C(C)NC(C)=C(C(=O)OC(C)C)C1C1=CN(C(=O)OC)C=CC1c1ccccc1. The third-order valence-electron chi connectivity index (χ3n) is 5.69. The van der Waals surface area contributed by atoms with Crippen LogP contribution in [0.25, 0.3) is 0 Å². The Labute approximate surface area is 199 Å². The Balaban J connectivity index is 2.27. The minimum Gasteiger partial charge on any atom is -0.466 e. The van der Waals surface area contributed by atoms with Crippen molar-refractivity contribution in [3.8, 4) is 0 Å². The Morgan fingerprint density at radius 1 is 0.941 bits per heavy atom. The number of methoxy groups -OCH3 is 2. The van der Waals surface area contributed by atoms with Gasteiger partial charge in [-0.3, -0.25) is 4.90 Å². The van der Waals surface area contributed by atoms with E-state index < -0.39 is 23.9 Å². The van der Waals surface area contributed by atoms with E-state index in [1.54, 1.807) is 40.1 Å². The molecular weight excluding hydrogens is 436 g/mol. The number of nitrogens with one attached hydrogen (secondary N) is 1. The van der Waals surface area contributed by atoms with Gasteiger partial charge in [-0.25, -0.2) is 14.4 Å². The molecule has 0 saturated heterocycles. The third kappa shape index (κ3) is 4.90. The van der Waals surface area contributed by atoms with Gasteiger partial charge in [0, 0.05) is 29.7 Å². The largest absolute Gasteiger partial charge is 0.466 e. The average Bonchev–Trinajstić information content (AvgIpc) is 2.82. The first-order valence-corrected chi connectivity index (χ1v) is 11.0. The van der Waals surface area contributed by atoms with Gasteiger partial charge in [0.15, 0.2) is 0 Å². The first kappa shape index (κ1) is 24.8. The van der Waals surface area contributed by atoms with E-state index in [1.807, 2.05) is 36.4 Å². The second kappa shape index (κ2) is 10.4. The second-order valence-electron chi connectivity index (χ2n) is 8.32. The van der Waals surface area contributed by atoms with Crippen molar-refractivity contribution in [3.05, 3.63) is 82.5 Å². The minimum absolute atomic E-state index is 0.274. The van der Waals surface area contributed by atoms with Gasteiger partial charge < -0.3 is 19.5 Å². The molecule has 0 radical (unpaired) electrons. The van der Waals surface area contributed by atoms with Crippen LogP contribution in [-0.2, 0) is 23.8 Å². The molecule has 2 unspecified atom stereocenters. The average molecular weight is 467 g/mol. The zero-order valence-corrected chi connectivity index (χ0v) is 20.2. The number of rotatable bonds is 5. The lowest BCUT2D eigenvalue weighted by Crippen LogP contribution is -2.37. The maximum absolute atomic E-state index is 13.3. The molecule has 8 nitrogen and oxygen atoms in total. The lowest BCUT2D eigenvalue weighted by atomic mass is 9.73. The van der Waals surface area contributed by atoms with Crippen LogP contribution in [0.3, 0.4) is 0 Å². The minimum atomic E-state index is -0.817. The number of carbonyl (C=O) groups excluding carboxylic acids is 3. The molecule has 8 heteroatoms. The Morgan fingerprint density at radius 3 is 2.12 bits per heavy atom. The molecule has 1 aromatic carbocycles. The van der Waals surface area contributed by atoms with Crippen LogP contribution in [0.15, 0.2) is 76.9 Å². The van der Waals surface area contributed by atoms with Gasteiger partial charge >= 0.3 is 18.0 Å². The van der Waals surface area contributed by atoms with E-state index in [-0.39, 0.29) is 23.2 Å². The number of amides is 1. The Morgan fingerprint density at radius 2 is 1.56 bits per heavy atom. The van der Waals surface area contributed by atoms with Crippen LogP contribution in [0, 0.1) is 5.92 Å². The molecular formula is C26H30N2O6. The molecule has 2 aliphatic heterocycles. The highest BCUT2D eigenvalue weighted by molar-refractivity contribution is 5.99. The zero-order chi connectivity index (χ0) is 25.0. The highest BCUT2D eigenvalue weighted by Gasteiger charge is 2.42. The van der Waals surface area contributed by atoms with E-state index in [1.165, 1.54) is 19.1 Å². The maximum Gasteiger partial charge on any atom is 0.417 e. The number of dihydropyridines is 1. The van der Waals surface area contributed by atoms with Crippen LogP contribution < -0.4 is 5.32 Å². The predicted octanol–water partition coefficient (Wildman–Crippen LogP) is 4.14. The van der Waals surface area contributed by atoms with Crippen molar-refractivity contribution < 1.29 is 28.6 Å². The number of carbonyl (C=O) groups is 3. The molecule has 0 spiro atoms. The molecule has 2 heterocycles. The van der Waals surface area contributed by atoms with Crippen molar-refractivity contribution in [2.24, 2.45) is 5.92 Å². The highest BCUT2D eigenvalue weighted by Crippen LogP contribution is 2.44. The van der Waals surface area contributed by atoms with Crippen LogP contribution in [0.1, 0.15) is 39.2 Å². The Kier molecular flexibility index (Phi) is 7.61. The fourth-order valence-electron chi connectivity index (χ4n) is 4.27. The number of hydrogen-bond donors (Lipinski definition) is 1. The van der Waals surface area contributed by atoms with Gasteiger partial charge in [0.25, 0.3) is 0 Å². The van der Waals surface area contributed by atoms with Gasteiger partial charge in [-0.05, 0) is 38.8 Å². The van der Waals surface area contributed by atoms with E-state index in [0.717, 1.165) is 5.56 Å². The van der Waals surface area contributed by atoms with Gasteiger partial charge in [0.05, 0.1) is 37.4 Å². The predicted molar refractivity (Wildman–Crippen MR) is 126 cm³/mol. The molecule has 1 aromatic rings. The first-order chi connectivity index (χ1) is 16.2. The molecule has 0 fully saturated rings. The number of hydrogen-bond acceptors (Lipinski definition) is 7. The van der Waals surface area contributed by atoms with Crippen molar-refractivity contribution in [2.45, 2.75) is 39.7 Å². The fourth-order valence-corrected chi connectivity index (χ4v) is 4.27. The van der Waals surface area contributed by atoms with Crippen molar-refractivity contribution in [1.82, 2.24) is 10.2 Å². The summed E-state index contributed by atoms with van der Waals surface area (Å²) in [5.74, 6) is -2.27. The fraction of sp³-hybridized carbons (Fsp3) is 0.346. The standard InChI is InChI=1S/C26H30N2O6/c1-15(2)34-25(30)22-17(4)27-16(3)21(24(29)32-5)23(22)20-14-28(26(31)33-6)13-12-19(20)18-10-8-7-9-11-18/h7-15,19,23,27H,1-6H3. The summed E-state index contributed by atoms with van der Waals surface area (Å²) >= 11 is 0. The number of ether oxygens (including phenoxy) is 3.